The highest BCUT2D eigenvalue weighted by molar-refractivity contribution is 7.99. The third kappa shape index (κ3) is 4.10. The summed E-state index contributed by atoms with van der Waals surface area (Å²) in [6.45, 7) is 12.1. The number of thioether (sulfide) groups is 1. The van der Waals surface area contributed by atoms with Gasteiger partial charge in [0.15, 0.2) is 5.13 Å². The van der Waals surface area contributed by atoms with Gasteiger partial charge in [-0.2, -0.15) is 11.8 Å². The Balaban J connectivity index is 2.13. The lowest BCUT2D eigenvalue weighted by molar-refractivity contribution is 0.588. The largest absolute Gasteiger partial charge is 0.346 e. The van der Waals surface area contributed by atoms with E-state index in [1.165, 1.54) is 27.2 Å². The molecular formula is C14H25N3S2. The van der Waals surface area contributed by atoms with Crippen LogP contribution in [0, 0.1) is 0 Å². The smallest absolute Gasteiger partial charge is 0.185 e. The van der Waals surface area contributed by atoms with Crippen LogP contribution in [-0.2, 0) is 6.54 Å². The van der Waals surface area contributed by atoms with E-state index in [4.69, 9.17) is 4.98 Å². The van der Waals surface area contributed by atoms with Crippen LogP contribution in [0.2, 0.25) is 0 Å². The number of anilines is 1. The van der Waals surface area contributed by atoms with Crippen molar-refractivity contribution in [2.24, 2.45) is 0 Å². The number of rotatable bonds is 5. The van der Waals surface area contributed by atoms with Crippen LogP contribution in [0.3, 0.4) is 0 Å². The Hall–Kier alpha value is -0.260. The van der Waals surface area contributed by atoms with Crippen molar-refractivity contribution in [3.05, 3.63) is 10.6 Å². The number of thiazole rings is 1. The Bertz CT molecular complexity index is 395. The maximum Gasteiger partial charge on any atom is 0.185 e. The van der Waals surface area contributed by atoms with Crippen LogP contribution in [0.1, 0.15) is 44.2 Å². The molecule has 19 heavy (non-hydrogen) atoms. The summed E-state index contributed by atoms with van der Waals surface area (Å²) in [5.74, 6) is 2.97. The number of nitrogens with zero attached hydrogens (tertiary/aromatic N) is 2. The summed E-state index contributed by atoms with van der Waals surface area (Å²) in [5.41, 5.74) is 1.28. The fourth-order valence-corrected chi connectivity index (χ4v) is 4.24. The van der Waals surface area contributed by atoms with E-state index in [-0.39, 0.29) is 0 Å². The highest BCUT2D eigenvalue weighted by Crippen LogP contribution is 2.32. The van der Waals surface area contributed by atoms with E-state index in [1.54, 1.807) is 0 Å². The number of aromatic nitrogens is 1. The second-order valence-electron chi connectivity index (χ2n) is 5.59. The van der Waals surface area contributed by atoms with Crippen LogP contribution < -0.4 is 10.2 Å². The molecule has 0 spiro atoms. The standard InChI is InChI=1S/C14H25N3S2/c1-10(2)13-12(9-15-11(3)4)19-14(16-13)17-5-7-18-8-6-17/h10-11,15H,5-9H2,1-4H3. The summed E-state index contributed by atoms with van der Waals surface area (Å²) in [6, 6.07) is 0.525. The van der Waals surface area contributed by atoms with Crippen molar-refractivity contribution in [2.45, 2.75) is 46.2 Å². The Morgan fingerprint density at radius 2 is 1.89 bits per heavy atom. The second kappa shape index (κ2) is 6.95. The minimum atomic E-state index is 0.508. The molecular weight excluding hydrogens is 274 g/mol. The molecule has 0 aliphatic carbocycles. The molecule has 1 aliphatic heterocycles. The zero-order valence-corrected chi connectivity index (χ0v) is 14.0. The van der Waals surface area contributed by atoms with E-state index >= 15 is 0 Å². The Morgan fingerprint density at radius 3 is 2.47 bits per heavy atom. The maximum atomic E-state index is 4.91. The lowest BCUT2D eigenvalue weighted by Crippen LogP contribution is -2.32. The highest BCUT2D eigenvalue weighted by Gasteiger charge is 2.19. The van der Waals surface area contributed by atoms with E-state index in [0.29, 0.717) is 12.0 Å². The average molecular weight is 300 g/mol. The third-order valence-electron chi connectivity index (χ3n) is 3.22. The molecule has 2 heterocycles. The molecule has 0 atom stereocenters. The van der Waals surface area contributed by atoms with Gasteiger partial charge in [-0.1, -0.05) is 27.7 Å². The number of nitrogens with one attached hydrogen (secondary N) is 1. The molecule has 0 saturated carbocycles. The van der Waals surface area contributed by atoms with Crippen LogP contribution in [0.4, 0.5) is 5.13 Å². The molecule has 0 amide bonds. The van der Waals surface area contributed by atoms with Gasteiger partial charge in [-0.25, -0.2) is 4.98 Å². The quantitative estimate of drug-likeness (QED) is 0.903. The Kier molecular flexibility index (Phi) is 5.54. The average Bonchev–Trinajstić information content (AvgIpc) is 2.81. The van der Waals surface area contributed by atoms with E-state index < -0.39 is 0 Å². The van der Waals surface area contributed by atoms with Gasteiger partial charge >= 0.3 is 0 Å². The van der Waals surface area contributed by atoms with Crippen LogP contribution in [-0.4, -0.2) is 35.6 Å². The summed E-state index contributed by atoms with van der Waals surface area (Å²) in [5, 5.41) is 4.75. The molecule has 2 rings (SSSR count). The topological polar surface area (TPSA) is 28.2 Å². The van der Waals surface area contributed by atoms with Gasteiger partial charge in [-0.05, 0) is 5.92 Å². The molecule has 0 radical (unpaired) electrons. The molecule has 1 saturated heterocycles. The van der Waals surface area contributed by atoms with Gasteiger partial charge in [0.1, 0.15) is 0 Å². The minimum Gasteiger partial charge on any atom is -0.346 e. The van der Waals surface area contributed by atoms with E-state index in [9.17, 15) is 0 Å². The van der Waals surface area contributed by atoms with Crippen LogP contribution in [0.15, 0.2) is 0 Å². The maximum absolute atomic E-state index is 4.91. The van der Waals surface area contributed by atoms with Crippen molar-refractivity contribution in [1.29, 1.82) is 0 Å². The fraction of sp³-hybridized carbons (Fsp3) is 0.786. The van der Waals surface area contributed by atoms with Gasteiger partial charge in [0.05, 0.1) is 5.69 Å². The molecule has 1 aromatic rings. The summed E-state index contributed by atoms with van der Waals surface area (Å²) in [7, 11) is 0. The van der Waals surface area contributed by atoms with Crippen LogP contribution >= 0.6 is 23.1 Å². The van der Waals surface area contributed by atoms with E-state index in [0.717, 1.165) is 19.6 Å². The Labute approximate surface area is 125 Å². The number of hydrogen-bond acceptors (Lipinski definition) is 5. The molecule has 0 unspecified atom stereocenters. The fourth-order valence-electron chi connectivity index (χ4n) is 2.12. The van der Waals surface area contributed by atoms with Crippen molar-refractivity contribution in [2.75, 3.05) is 29.5 Å². The Morgan fingerprint density at radius 1 is 1.21 bits per heavy atom. The highest BCUT2D eigenvalue weighted by atomic mass is 32.2. The molecule has 1 aromatic heterocycles. The second-order valence-corrected chi connectivity index (χ2v) is 7.88. The van der Waals surface area contributed by atoms with Gasteiger partial charge in [0.25, 0.3) is 0 Å². The summed E-state index contributed by atoms with van der Waals surface area (Å²) < 4.78 is 0. The molecule has 0 aromatic carbocycles. The molecule has 5 heteroatoms. The zero-order chi connectivity index (χ0) is 13.8. The molecule has 1 aliphatic rings. The van der Waals surface area contributed by atoms with Crippen molar-refractivity contribution in [3.8, 4) is 0 Å². The molecule has 1 fully saturated rings. The van der Waals surface area contributed by atoms with Gasteiger partial charge in [0, 0.05) is 42.1 Å². The normalized spacial score (nSPS) is 16.6. The van der Waals surface area contributed by atoms with Crippen molar-refractivity contribution in [3.63, 3.8) is 0 Å². The van der Waals surface area contributed by atoms with Crippen LogP contribution in [0.25, 0.3) is 0 Å². The first kappa shape index (κ1) is 15.1. The van der Waals surface area contributed by atoms with Gasteiger partial charge in [-0.3, -0.25) is 0 Å². The zero-order valence-electron chi connectivity index (χ0n) is 12.4. The summed E-state index contributed by atoms with van der Waals surface area (Å²) >= 11 is 3.93. The first-order valence-electron chi connectivity index (χ1n) is 7.13. The summed E-state index contributed by atoms with van der Waals surface area (Å²) in [6.07, 6.45) is 0. The first-order chi connectivity index (χ1) is 9.08. The SMILES string of the molecule is CC(C)NCc1sc(N2CCSCC2)nc1C(C)C. The molecule has 1 N–H and O–H groups in total. The third-order valence-corrected chi connectivity index (χ3v) is 5.29. The minimum absolute atomic E-state index is 0.508. The van der Waals surface area contributed by atoms with Gasteiger partial charge in [0.2, 0.25) is 0 Å². The predicted octanol–water partition coefficient (Wildman–Crippen LogP) is 3.32. The van der Waals surface area contributed by atoms with Gasteiger partial charge in [-0.15, -0.1) is 11.3 Å². The van der Waals surface area contributed by atoms with E-state index in [2.05, 4.69) is 37.9 Å². The first-order valence-corrected chi connectivity index (χ1v) is 9.10. The number of hydrogen-bond donors (Lipinski definition) is 1. The predicted molar refractivity (Wildman–Crippen MR) is 87.7 cm³/mol. The van der Waals surface area contributed by atoms with E-state index in [1.807, 2.05) is 23.1 Å². The van der Waals surface area contributed by atoms with Crippen molar-refractivity contribution < 1.29 is 0 Å². The van der Waals surface area contributed by atoms with Gasteiger partial charge < -0.3 is 10.2 Å². The molecule has 0 bridgehead atoms. The molecule has 3 nitrogen and oxygen atoms in total. The van der Waals surface area contributed by atoms with Crippen molar-refractivity contribution in [1.82, 2.24) is 10.3 Å². The van der Waals surface area contributed by atoms with Crippen LogP contribution in [0.5, 0.6) is 0 Å². The molecule has 108 valence electrons. The monoisotopic (exact) mass is 299 g/mol. The summed E-state index contributed by atoms with van der Waals surface area (Å²) in [4.78, 5) is 8.77. The van der Waals surface area contributed by atoms with Crippen molar-refractivity contribution >= 4 is 28.2 Å². The lowest BCUT2D eigenvalue weighted by Gasteiger charge is -2.25. The lowest BCUT2D eigenvalue weighted by atomic mass is 10.1.